The third-order valence-corrected chi connectivity index (χ3v) is 2.39. The zero-order valence-electron chi connectivity index (χ0n) is 9.16. The summed E-state index contributed by atoms with van der Waals surface area (Å²) in [5.74, 6) is 0. The van der Waals surface area contributed by atoms with E-state index in [-0.39, 0.29) is 6.61 Å². The molecule has 0 aliphatic carbocycles. The normalized spacial score (nSPS) is 14.1. The molecule has 0 saturated carbocycles. The summed E-state index contributed by atoms with van der Waals surface area (Å²) in [7, 11) is 0. The lowest BCUT2D eigenvalue weighted by molar-refractivity contribution is 0.142. The Labute approximate surface area is 81.9 Å². The highest BCUT2D eigenvalue weighted by molar-refractivity contribution is 4.71. The van der Waals surface area contributed by atoms with Crippen molar-refractivity contribution in [3.05, 3.63) is 0 Å². The summed E-state index contributed by atoms with van der Waals surface area (Å²) in [4.78, 5) is 2.39. The van der Waals surface area contributed by atoms with Gasteiger partial charge in [-0.3, -0.25) is 4.90 Å². The summed E-state index contributed by atoms with van der Waals surface area (Å²) in [6.45, 7) is 8.55. The van der Waals surface area contributed by atoms with Crippen LogP contribution >= 0.6 is 0 Å². The van der Waals surface area contributed by atoms with Gasteiger partial charge in [-0.2, -0.15) is 0 Å². The van der Waals surface area contributed by atoms with E-state index < -0.39 is 0 Å². The minimum absolute atomic E-state index is 0.276. The number of nitrogens with two attached hydrogens (primary N) is 1. The van der Waals surface area contributed by atoms with E-state index in [0.29, 0.717) is 12.1 Å². The lowest BCUT2D eigenvalue weighted by Crippen LogP contribution is -2.40. The molecule has 0 fully saturated rings. The molecule has 0 amide bonds. The van der Waals surface area contributed by atoms with Gasteiger partial charge in [-0.25, -0.2) is 0 Å². The molecule has 80 valence electrons. The fraction of sp³-hybridized carbons (Fsp3) is 1.00. The topological polar surface area (TPSA) is 49.5 Å². The monoisotopic (exact) mass is 188 g/mol. The zero-order valence-corrected chi connectivity index (χ0v) is 9.16. The van der Waals surface area contributed by atoms with Crippen molar-refractivity contribution in [3.8, 4) is 0 Å². The van der Waals surface area contributed by atoms with Crippen molar-refractivity contribution in [1.82, 2.24) is 4.90 Å². The molecule has 0 spiro atoms. The smallest absolute Gasteiger partial charge is 0.0443 e. The van der Waals surface area contributed by atoms with Crippen LogP contribution in [0, 0.1) is 0 Å². The first-order valence-corrected chi connectivity index (χ1v) is 5.20. The zero-order chi connectivity index (χ0) is 10.3. The van der Waals surface area contributed by atoms with Gasteiger partial charge in [-0.05, 0) is 40.2 Å². The molecule has 3 N–H and O–H groups in total. The number of hydrogen-bond donors (Lipinski definition) is 2. The molecule has 3 nitrogen and oxygen atoms in total. The molecule has 0 heterocycles. The first-order valence-electron chi connectivity index (χ1n) is 5.20. The van der Waals surface area contributed by atoms with Crippen LogP contribution in [0.15, 0.2) is 0 Å². The summed E-state index contributed by atoms with van der Waals surface area (Å²) in [6.07, 6.45) is 1.89. The van der Waals surface area contributed by atoms with Crippen LogP contribution < -0.4 is 5.73 Å². The van der Waals surface area contributed by atoms with Gasteiger partial charge in [0, 0.05) is 25.2 Å². The van der Waals surface area contributed by atoms with Gasteiger partial charge in [-0.15, -0.1) is 0 Å². The van der Waals surface area contributed by atoms with Crippen LogP contribution in [0.2, 0.25) is 0 Å². The quantitative estimate of drug-likeness (QED) is 0.622. The van der Waals surface area contributed by atoms with Gasteiger partial charge >= 0.3 is 0 Å². The predicted molar refractivity (Wildman–Crippen MR) is 56.7 cm³/mol. The first-order chi connectivity index (χ1) is 6.13. The van der Waals surface area contributed by atoms with E-state index in [0.717, 1.165) is 25.9 Å². The maximum atomic E-state index is 8.76. The van der Waals surface area contributed by atoms with E-state index in [2.05, 4.69) is 25.7 Å². The second kappa shape index (κ2) is 7.30. The largest absolute Gasteiger partial charge is 0.396 e. The SMILES string of the molecule is CC(C)N(CCCO)C(C)CCN. The summed E-state index contributed by atoms with van der Waals surface area (Å²) in [6, 6.07) is 1.06. The lowest BCUT2D eigenvalue weighted by atomic mass is 10.1. The van der Waals surface area contributed by atoms with E-state index in [1.165, 1.54) is 0 Å². The minimum atomic E-state index is 0.276. The Morgan fingerprint density at radius 3 is 2.31 bits per heavy atom. The molecule has 0 rings (SSSR count). The van der Waals surface area contributed by atoms with Crippen LogP contribution in [0.3, 0.4) is 0 Å². The maximum absolute atomic E-state index is 8.76. The molecule has 0 aromatic carbocycles. The van der Waals surface area contributed by atoms with E-state index in [9.17, 15) is 0 Å². The van der Waals surface area contributed by atoms with Gasteiger partial charge in [0.25, 0.3) is 0 Å². The van der Waals surface area contributed by atoms with Crippen molar-refractivity contribution in [2.45, 2.75) is 45.7 Å². The highest BCUT2D eigenvalue weighted by Crippen LogP contribution is 2.08. The fourth-order valence-electron chi connectivity index (χ4n) is 1.65. The summed E-state index contributed by atoms with van der Waals surface area (Å²) in [5.41, 5.74) is 5.52. The van der Waals surface area contributed by atoms with Crippen LogP contribution in [-0.4, -0.2) is 41.8 Å². The van der Waals surface area contributed by atoms with E-state index in [1.54, 1.807) is 0 Å². The van der Waals surface area contributed by atoms with E-state index in [1.807, 2.05) is 0 Å². The van der Waals surface area contributed by atoms with Crippen molar-refractivity contribution in [3.63, 3.8) is 0 Å². The molecular weight excluding hydrogens is 164 g/mol. The van der Waals surface area contributed by atoms with Gasteiger partial charge in [-0.1, -0.05) is 0 Å². The average Bonchev–Trinajstić information content (AvgIpc) is 2.05. The molecule has 0 radical (unpaired) electrons. The molecule has 0 saturated heterocycles. The number of aliphatic hydroxyl groups excluding tert-OH is 1. The Balaban J connectivity index is 3.91. The van der Waals surface area contributed by atoms with Gasteiger partial charge < -0.3 is 10.8 Å². The molecular formula is C10H24N2O. The number of aliphatic hydroxyl groups is 1. The Kier molecular flexibility index (Phi) is 7.23. The fourth-order valence-corrected chi connectivity index (χ4v) is 1.65. The third-order valence-electron chi connectivity index (χ3n) is 2.39. The van der Waals surface area contributed by atoms with Crippen molar-refractivity contribution in [2.24, 2.45) is 5.73 Å². The molecule has 0 bridgehead atoms. The van der Waals surface area contributed by atoms with Gasteiger partial charge in [0.2, 0.25) is 0 Å². The molecule has 0 aromatic rings. The maximum Gasteiger partial charge on any atom is 0.0443 e. The third kappa shape index (κ3) is 5.24. The molecule has 13 heavy (non-hydrogen) atoms. The van der Waals surface area contributed by atoms with Crippen LogP contribution in [0.25, 0.3) is 0 Å². The van der Waals surface area contributed by atoms with Crippen LogP contribution in [0.1, 0.15) is 33.6 Å². The minimum Gasteiger partial charge on any atom is -0.396 e. The second-order valence-corrected chi connectivity index (χ2v) is 3.84. The van der Waals surface area contributed by atoms with Crippen LogP contribution in [0.4, 0.5) is 0 Å². The number of hydrogen-bond acceptors (Lipinski definition) is 3. The van der Waals surface area contributed by atoms with Gasteiger partial charge in [0.15, 0.2) is 0 Å². The van der Waals surface area contributed by atoms with Crippen molar-refractivity contribution in [1.29, 1.82) is 0 Å². The highest BCUT2D eigenvalue weighted by atomic mass is 16.3. The Morgan fingerprint density at radius 1 is 1.31 bits per heavy atom. The van der Waals surface area contributed by atoms with Crippen molar-refractivity contribution >= 4 is 0 Å². The Bertz CT molecular complexity index is 117. The number of nitrogens with zero attached hydrogens (tertiary/aromatic N) is 1. The molecule has 0 aliphatic heterocycles. The van der Waals surface area contributed by atoms with Crippen LogP contribution in [-0.2, 0) is 0 Å². The standard InChI is InChI=1S/C10H24N2O/c1-9(2)12(7-4-8-13)10(3)5-6-11/h9-10,13H,4-8,11H2,1-3H3. The second-order valence-electron chi connectivity index (χ2n) is 3.84. The molecule has 0 aliphatic rings. The number of rotatable bonds is 7. The van der Waals surface area contributed by atoms with Crippen molar-refractivity contribution < 1.29 is 5.11 Å². The van der Waals surface area contributed by atoms with E-state index in [4.69, 9.17) is 10.8 Å². The average molecular weight is 188 g/mol. The highest BCUT2D eigenvalue weighted by Gasteiger charge is 2.15. The molecule has 0 aromatic heterocycles. The summed E-state index contributed by atoms with van der Waals surface area (Å²) in [5, 5.41) is 8.76. The van der Waals surface area contributed by atoms with Crippen LogP contribution in [0.5, 0.6) is 0 Å². The lowest BCUT2D eigenvalue weighted by Gasteiger charge is -2.32. The van der Waals surface area contributed by atoms with E-state index >= 15 is 0 Å². The predicted octanol–water partition coefficient (Wildman–Crippen LogP) is 0.817. The Morgan fingerprint density at radius 2 is 1.92 bits per heavy atom. The molecule has 3 heteroatoms. The summed E-state index contributed by atoms with van der Waals surface area (Å²) >= 11 is 0. The van der Waals surface area contributed by atoms with Gasteiger partial charge in [0.05, 0.1) is 0 Å². The first kappa shape index (κ1) is 12.9. The molecule has 1 unspecified atom stereocenters. The Hall–Kier alpha value is -0.120. The van der Waals surface area contributed by atoms with Gasteiger partial charge in [0.1, 0.15) is 0 Å². The summed E-state index contributed by atoms with van der Waals surface area (Å²) < 4.78 is 0. The molecule has 1 atom stereocenters. The van der Waals surface area contributed by atoms with Crippen molar-refractivity contribution in [2.75, 3.05) is 19.7 Å².